The summed E-state index contributed by atoms with van der Waals surface area (Å²) < 4.78 is 5.41. The molecule has 5 nitrogen and oxygen atoms in total. The van der Waals surface area contributed by atoms with Gasteiger partial charge in [-0.2, -0.15) is 0 Å². The van der Waals surface area contributed by atoms with Crippen molar-refractivity contribution in [3.05, 3.63) is 12.4 Å². The maximum absolute atomic E-state index is 5.41. The smallest absolute Gasteiger partial charge is 0.218 e. The summed E-state index contributed by atoms with van der Waals surface area (Å²) in [6, 6.07) is 1.94. The van der Waals surface area contributed by atoms with Crippen molar-refractivity contribution < 1.29 is 4.74 Å². The molecule has 2 atom stereocenters. The SMILES string of the molecule is CCOc1cc(N2CC3CNCC3C2)ncn1. The molecule has 0 aliphatic carbocycles. The Labute approximate surface area is 101 Å². The largest absolute Gasteiger partial charge is 0.478 e. The Kier molecular flexibility index (Phi) is 2.84. The Bertz CT molecular complexity index is 386. The van der Waals surface area contributed by atoms with Crippen molar-refractivity contribution in [3.63, 3.8) is 0 Å². The van der Waals surface area contributed by atoms with E-state index in [0.717, 1.165) is 43.8 Å². The lowest BCUT2D eigenvalue weighted by Gasteiger charge is -2.18. The van der Waals surface area contributed by atoms with Crippen LogP contribution in [0.4, 0.5) is 5.82 Å². The summed E-state index contributed by atoms with van der Waals surface area (Å²) in [5.74, 6) is 3.23. The molecule has 5 heteroatoms. The van der Waals surface area contributed by atoms with Gasteiger partial charge in [-0.05, 0) is 18.8 Å². The summed E-state index contributed by atoms with van der Waals surface area (Å²) in [4.78, 5) is 10.8. The van der Waals surface area contributed by atoms with Gasteiger partial charge in [0.15, 0.2) is 0 Å². The highest BCUT2D eigenvalue weighted by molar-refractivity contribution is 5.42. The van der Waals surface area contributed by atoms with Gasteiger partial charge >= 0.3 is 0 Å². The van der Waals surface area contributed by atoms with Crippen LogP contribution in [0.15, 0.2) is 12.4 Å². The van der Waals surface area contributed by atoms with Gasteiger partial charge in [-0.15, -0.1) is 0 Å². The van der Waals surface area contributed by atoms with Crippen LogP contribution in [0.2, 0.25) is 0 Å². The number of anilines is 1. The molecule has 0 bridgehead atoms. The monoisotopic (exact) mass is 234 g/mol. The van der Waals surface area contributed by atoms with Crippen molar-refractivity contribution in [2.45, 2.75) is 6.92 Å². The minimum Gasteiger partial charge on any atom is -0.478 e. The van der Waals surface area contributed by atoms with Crippen LogP contribution in [0.25, 0.3) is 0 Å². The summed E-state index contributed by atoms with van der Waals surface area (Å²) >= 11 is 0. The van der Waals surface area contributed by atoms with Gasteiger partial charge in [0.2, 0.25) is 5.88 Å². The van der Waals surface area contributed by atoms with Gasteiger partial charge in [0, 0.05) is 32.2 Å². The van der Waals surface area contributed by atoms with E-state index in [0.29, 0.717) is 12.5 Å². The lowest BCUT2D eigenvalue weighted by atomic mass is 10.0. The van der Waals surface area contributed by atoms with E-state index in [1.54, 1.807) is 6.33 Å². The molecule has 2 aliphatic heterocycles. The molecular formula is C12H18N4O. The number of nitrogens with zero attached hydrogens (tertiary/aromatic N) is 3. The first kappa shape index (κ1) is 10.8. The second-order valence-corrected chi connectivity index (χ2v) is 4.73. The minimum atomic E-state index is 0.644. The number of ether oxygens (including phenoxy) is 1. The molecule has 0 amide bonds. The van der Waals surface area contributed by atoms with E-state index in [1.165, 1.54) is 0 Å². The van der Waals surface area contributed by atoms with Crippen molar-refractivity contribution in [1.82, 2.24) is 15.3 Å². The predicted octanol–water partition coefficient (Wildman–Crippen LogP) is 0.531. The van der Waals surface area contributed by atoms with Crippen LogP contribution in [0.3, 0.4) is 0 Å². The predicted molar refractivity (Wildman–Crippen MR) is 65.3 cm³/mol. The third kappa shape index (κ3) is 2.07. The first-order valence-corrected chi connectivity index (χ1v) is 6.27. The molecule has 92 valence electrons. The standard InChI is InChI=1S/C12H18N4O/c1-2-17-12-3-11(14-8-15-12)16-6-9-4-13-5-10(9)7-16/h3,8-10,13H,2,4-7H2,1H3. The normalized spacial score (nSPS) is 27.2. The summed E-state index contributed by atoms with van der Waals surface area (Å²) in [5, 5.41) is 3.44. The third-order valence-corrected chi connectivity index (χ3v) is 3.63. The molecule has 0 spiro atoms. The zero-order valence-electron chi connectivity index (χ0n) is 10.1. The molecule has 1 N–H and O–H groups in total. The summed E-state index contributed by atoms with van der Waals surface area (Å²) in [6.45, 7) is 7.09. The van der Waals surface area contributed by atoms with Gasteiger partial charge in [-0.3, -0.25) is 0 Å². The van der Waals surface area contributed by atoms with Crippen LogP contribution in [-0.2, 0) is 0 Å². The number of aromatic nitrogens is 2. The van der Waals surface area contributed by atoms with E-state index < -0.39 is 0 Å². The highest BCUT2D eigenvalue weighted by atomic mass is 16.5. The van der Waals surface area contributed by atoms with E-state index in [4.69, 9.17) is 4.74 Å². The van der Waals surface area contributed by atoms with E-state index >= 15 is 0 Å². The summed E-state index contributed by atoms with van der Waals surface area (Å²) in [6.07, 6.45) is 1.59. The minimum absolute atomic E-state index is 0.644. The van der Waals surface area contributed by atoms with Gasteiger partial charge in [-0.25, -0.2) is 9.97 Å². The van der Waals surface area contributed by atoms with Gasteiger partial charge in [0.05, 0.1) is 6.61 Å². The van der Waals surface area contributed by atoms with Crippen LogP contribution < -0.4 is 15.0 Å². The molecule has 0 saturated carbocycles. The zero-order valence-corrected chi connectivity index (χ0v) is 10.1. The van der Waals surface area contributed by atoms with E-state index in [9.17, 15) is 0 Å². The quantitative estimate of drug-likeness (QED) is 0.827. The first-order chi connectivity index (χ1) is 8.36. The molecule has 2 saturated heterocycles. The molecule has 1 aromatic heterocycles. The van der Waals surface area contributed by atoms with Crippen molar-refractivity contribution in [1.29, 1.82) is 0 Å². The van der Waals surface area contributed by atoms with Gasteiger partial charge in [0.1, 0.15) is 12.1 Å². The van der Waals surface area contributed by atoms with Crippen LogP contribution in [0.5, 0.6) is 5.88 Å². The number of rotatable bonds is 3. The maximum Gasteiger partial charge on any atom is 0.218 e. The van der Waals surface area contributed by atoms with Crippen LogP contribution >= 0.6 is 0 Å². The Balaban J connectivity index is 1.74. The number of fused-ring (bicyclic) bond motifs is 1. The second-order valence-electron chi connectivity index (χ2n) is 4.73. The van der Waals surface area contributed by atoms with Gasteiger partial charge in [0.25, 0.3) is 0 Å². The lowest BCUT2D eigenvalue weighted by Crippen LogP contribution is -2.26. The average molecular weight is 234 g/mol. The summed E-state index contributed by atoms with van der Waals surface area (Å²) in [7, 11) is 0. The molecule has 0 radical (unpaired) electrons. The maximum atomic E-state index is 5.41. The van der Waals surface area contributed by atoms with E-state index in [1.807, 2.05) is 13.0 Å². The van der Waals surface area contributed by atoms with E-state index in [-0.39, 0.29) is 0 Å². The molecule has 2 unspecified atom stereocenters. The van der Waals surface area contributed by atoms with Crippen molar-refractivity contribution >= 4 is 5.82 Å². The van der Waals surface area contributed by atoms with Crippen LogP contribution in [-0.4, -0.2) is 42.8 Å². The summed E-state index contributed by atoms with van der Waals surface area (Å²) in [5.41, 5.74) is 0. The Morgan fingerprint density at radius 1 is 1.35 bits per heavy atom. The van der Waals surface area contributed by atoms with Crippen LogP contribution in [0, 0.1) is 11.8 Å². The molecule has 2 fully saturated rings. The topological polar surface area (TPSA) is 50.3 Å². The van der Waals surface area contributed by atoms with Crippen molar-refractivity contribution in [2.75, 3.05) is 37.7 Å². The van der Waals surface area contributed by atoms with Crippen molar-refractivity contribution in [3.8, 4) is 5.88 Å². The molecule has 3 rings (SSSR count). The van der Waals surface area contributed by atoms with E-state index in [2.05, 4.69) is 20.2 Å². The average Bonchev–Trinajstić information content (AvgIpc) is 2.89. The van der Waals surface area contributed by atoms with Crippen LogP contribution in [0.1, 0.15) is 6.92 Å². The Morgan fingerprint density at radius 3 is 2.82 bits per heavy atom. The van der Waals surface area contributed by atoms with Gasteiger partial charge in [-0.1, -0.05) is 0 Å². The third-order valence-electron chi connectivity index (χ3n) is 3.63. The highest BCUT2D eigenvalue weighted by Gasteiger charge is 2.36. The second kappa shape index (κ2) is 4.49. The fraction of sp³-hybridized carbons (Fsp3) is 0.667. The number of hydrogen-bond acceptors (Lipinski definition) is 5. The molecule has 17 heavy (non-hydrogen) atoms. The first-order valence-electron chi connectivity index (χ1n) is 6.27. The fourth-order valence-electron chi connectivity index (χ4n) is 2.77. The molecule has 2 aliphatic rings. The Morgan fingerprint density at radius 2 is 2.12 bits per heavy atom. The molecule has 0 aromatic carbocycles. The fourth-order valence-corrected chi connectivity index (χ4v) is 2.77. The number of nitrogens with one attached hydrogen (secondary N) is 1. The molecule has 3 heterocycles. The molecular weight excluding hydrogens is 216 g/mol. The Hall–Kier alpha value is -1.36. The van der Waals surface area contributed by atoms with Crippen molar-refractivity contribution in [2.24, 2.45) is 11.8 Å². The number of hydrogen-bond donors (Lipinski definition) is 1. The molecule has 1 aromatic rings. The lowest BCUT2D eigenvalue weighted by molar-refractivity contribution is 0.326. The van der Waals surface area contributed by atoms with Gasteiger partial charge < -0.3 is 15.0 Å². The highest BCUT2D eigenvalue weighted by Crippen LogP contribution is 2.30. The zero-order chi connectivity index (χ0) is 11.7.